The first-order valence-corrected chi connectivity index (χ1v) is 6.62. The molecule has 0 bridgehead atoms. The number of anilines is 1. The summed E-state index contributed by atoms with van der Waals surface area (Å²) in [7, 11) is 0. The first-order chi connectivity index (χ1) is 9.39. The fraction of sp³-hybridized carbons (Fsp3) is 0.333. The zero-order valence-corrected chi connectivity index (χ0v) is 11.3. The average molecular weight is 305 g/mol. The molecule has 3 nitrogen and oxygen atoms in total. The highest BCUT2D eigenvalue weighted by molar-refractivity contribution is 7.19. The molecular formula is C12H11F4N3S. The Hall–Kier alpha value is -1.70. The lowest BCUT2D eigenvalue weighted by Crippen LogP contribution is -2.21. The number of pyridine rings is 1. The Labute approximate surface area is 116 Å². The lowest BCUT2D eigenvalue weighted by atomic mass is 10.3. The fourth-order valence-electron chi connectivity index (χ4n) is 1.56. The van der Waals surface area contributed by atoms with Crippen LogP contribution in [0.2, 0.25) is 0 Å². The van der Waals surface area contributed by atoms with Crippen molar-refractivity contribution < 1.29 is 17.6 Å². The molecule has 0 aliphatic heterocycles. The standard InChI is InChI=1S/C12H11F4N3S/c1-2-9-11(18-6-12(14,15)16)20-10(19-9)7-3-8(13)5-17-4-7/h3-5,18H,2,6H2,1H3. The van der Waals surface area contributed by atoms with Gasteiger partial charge in [-0.25, -0.2) is 9.37 Å². The molecule has 0 amide bonds. The Morgan fingerprint density at radius 3 is 2.65 bits per heavy atom. The van der Waals surface area contributed by atoms with E-state index in [0.717, 1.165) is 17.5 Å². The van der Waals surface area contributed by atoms with E-state index in [4.69, 9.17) is 0 Å². The number of hydrogen-bond donors (Lipinski definition) is 1. The van der Waals surface area contributed by atoms with E-state index in [1.54, 1.807) is 6.92 Å². The lowest BCUT2D eigenvalue weighted by Gasteiger charge is -2.08. The van der Waals surface area contributed by atoms with E-state index in [1.807, 2.05) is 0 Å². The molecule has 0 aromatic carbocycles. The van der Waals surface area contributed by atoms with E-state index in [9.17, 15) is 17.6 Å². The molecule has 0 saturated carbocycles. The van der Waals surface area contributed by atoms with Crippen LogP contribution < -0.4 is 5.32 Å². The zero-order chi connectivity index (χ0) is 14.8. The van der Waals surface area contributed by atoms with Crippen LogP contribution in [-0.2, 0) is 6.42 Å². The van der Waals surface area contributed by atoms with Crippen LogP contribution in [0.25, 0.3) is 10.6 Å². The average Bonchev–Trinajstić information content (AvgIpc) is 2.79. The van der Waals surface area contributed by atoms with Crippen molar-refractivity contribution in [1.29, 1.82) is 0 Å². The Morgan fingerprint density at radius 2 is 2.05 bits per heavy atom. The normalized spacial score (nSPS) is 11.7. The summed E-state index contributed by atoms with van der Waals surface area (Å²) >= 11 is 1.06. The molecule has 0 saturated heterocycles. The van der Waals surface area contributed by atoms with Crippen LogP contribution in [0.4, 0.5) is 22.6 Å². The molecule has 0 fully saturated rings. The van der Waals surface area contributed by atoms with Crippen LogP contribution in [0.15, 0.2) is 18.5 Å². The maximum Gasteiger partial charge on any atom is 0.405 e. The topological polar surface area (TPSA) is 37.8 Å². The van der Waals surface area contributed by atoms with E-state index in [2.05, 4.69) is 15.3 Å². The summed E-state index contributed by atoms with van der Waals surface area (Å²) in [5.74, 6) is -0.513. The van der Waals surface area contributed by atoms with Crippen LogP contribution in [0.3, 0.4) is 0 Å². The van der Waals surface area contributed by atoms with Crippen LogP contribution in [-0.4, -0.2) is 22.7 Å². The van der Waals surface area contributed by atoms with Crippen molar-refractivity contribution in [3.63, 3.8) is 0 Å². The van der Waals surface area contributed by atoms with E-state index < -0.39 is 18.5 Å². The molecule has 0 radical (unpaired) electrons. The number of nitrogens with one attached hydrogen (secondary N) is 1. The molecule has 2 rings (SSSR count). The molecule has 0 unspecified atom stereocenters. The lowest BCUT2D eigenvalue weighted by molar-refractivity contribution is -0.115. The van der Waals surface area contributed by atoms with Crippen LogP contribution in [0.1, 0.15) is 12.6 Å². The van der Waals surface area contributed by atoms with Crippen molar-refractivity contribution in [1.82, 2.24) is 9.97 Å². The van der Waals surface area contributed by atoms with Gasteiger partial charge in [-0.2, -0.15) is 13.2 Å². The van der Waals surface area contributed by atoms with Crippen molar-refractivity contribution in [3.05, 3.63) is 30.0 Å². The van der Waals surface area contributed by atoms with Gasteiger partial charge in [0, 0.05) is 11.8 Å². The molecule has 0 aliphatic carbocycles. The number of halogens is 4. The number of thiazole rings is 1. The zero-order valence-electron chi connectivity index (χ0n) is 10.5. The highest BCUT2D eigenvalue weighted by Crippen LogP contribution is 2.33. The third-order valence-corrected chi connectivity index (χ3v) is 3.54. The molecular weight excluding hydrogens is 294 g/mol. The minimum Gasteiger partial charge on any atom is -0.367 e. The van der Waals surface area contributed by atoms with Crippen LogP contribution in [0, 0.1) is 5.82 Å². The smallest absolute Gasteiger partial charge is 0.367 e. The van der Waals surface area contributed by atoms with E-state index in [0.29, 0.717) is 27.7 Å². The van der Waals surface area contributed by atoms with Gasteiger partial charge in [-0.05, 0) is 12.5 Å². The van der Waals surface area contributed by atoms with Crippen molar-refractivity contribution in [3.8, 4) is 10.6 Å². The minimum atomic E-state index is -4.30. The maximum atomic E-state index is 13.1. The van der Waals surface area contributed by atoms with Gasteiger partial charge in [0.25, 0.3) is 0 Å². The van der Waals surface area contributed by atoms with Gasteiger partial charge in [0.05, 0.1) is 11.9 Å². The van der Waals surface area contributed by atoms with Crippen LogP contribution >= 0.6 is 11.3 Å². The van der Waals surface area contributed by atoms with Crippen molar-refractivity contribution in [2.75, 3.05) is 11.9 Å². The molecule has 2 aromatic rings. The highest BCUT2D eigenvalue weighted by atomic mass is 32.1. The van der Waals surface area contributed by atoms with Gasteiger partial charge in [0.1, 0.15) is 22.4 Å². The van der Waals surface area contributed by atoms with Gasteiger partial charge in [-0.3, -0.25) is 4.98 Å². The maximum absolute atomic E-state index is 13.1. The second kappa shape index (κ2) is 5.74. The van der Waals surface area contributed by atoms with E-state index in [1.165, 1.54) is 12.3 Å². The fourth-order valence-corrected chi connectivity index (χ4v) is 2.59. The Morgan fingerprint density at radius 1 is 1.30 bits per heavy atom. The monoisotopic (exact) mass is 305 g/mol. The summed E-state index contributed by atoms with van der Waals surface area (Å²) in [6, 6.07) is 1.25. The number of aryl methyl sites for hydroxylation is 1. The van der Waals surface area contributed by atoms with E-state index >= 15 is 0 Å². The van der Waals surface area contributed by atoms with Gasteiger partial charge in [0.2, 0.25) is 0 Å². The Bertz CT molecular complexity index is 595. The molecule has 2 heterocycles. The predicted molar refractivity (Wildman–Crippen MR) is 69.2 cm³/mol. The van der Waals surface area contributed by atoms with Gasteiger partial charge in [0.15, 0.2) is 0 Å². The highest BCUT2D eigenvalue weighted by Gasteiger charge is 2.27. The summed E-state index contributed by atoms with van der Waals surface area (Å²) in [5.41, 5.74) is 0.975. The first-order valence-electron chi connectivity index (χ1n) is 5.80. The quantitative estimate of drug-likeness (QED) is 0.871. The van der Waals surface area contributed by atoms with Crippen molar-refractivity contribution >= 4 is 16.3 Å². The second-order valence-corrected chi connectivity index (χ2v) is 5.01. The number of aromatic nitrogens is 2. The van der Waals surface area contributed by atoms with Crippen molar-refractivity contribution in [2.24, 2.45) is 0 Å². The minimum absolute atomic E-state index is 0.351. The number of hydrogen-bond acceptors (Lipinski definition) is 4. The summed E-state index contributed by atoms with van der Waals surface area (Å²) in [6.45, 7) is 0.671. The Kier molecular flexibility index (Phi) is 4.22. The molecule has 0 aliphatic rings. The molecule has 1 N–H and O–H groups in total. The van der Waals surface area contributed by atoms with Gasteiger partial charge in [-0.1, -0.05) is 18.3 Å². The molecule has 20 heavy (non-hydrogen) atoms. The Balaban J connectivity index is 2.26. The number of alkyl halides is 3. The third kappa shape index (κ3) is 3.66. The van der Waals surface area contributed by atoms with Gasteiger partial charge >= 0.3 is 6.18 Å². The molecule has 108 valence electrons. The second-order valence-electron chi connectivity index (χ2n) is 4.01. The number of rotatable bonds is 4. The summed E-state index contributed by atoms with van der Waals surface area (Å²) < 4.78 is 49.8. The molecule has 2 aromatic heterocycles. The first kappa shape index (κ1) is 14.7. The van der Waals surface area contributed by atoms with Crippen molar-refractivity contribution in [2.45, 2.75) is 19.5 Å². The van der Waals surface area contributed by atoms with Gasteiger partial charge in [-0.15, -0.1) is 0 Å². The van der Waals surface area contributed by atoms with Gasteiger partial charge < -0.3 is 5.32 Å². The predicted octanol–water partition coefficient (Wildman–Crippen LogP) is 3.88. The molecule has 8 heteroatoms. The number of nitrogens with zero attached hydrogens (tertiary/aromatic N) is 2. The van der Waals surface area contributed by atoms with E-state index in [-0.39, 0.29) is 0 Å². The summed E-state index contributed by atoms with van der Waals surface area (Å²) in [5, 5.41) is 3.12. The summed E-state index contributed by atoms with van der Waals surface area (Å²) in [4.78, 5) is 7.92. The largest absolute Gasteiger partial charge is 0.405 e. The third-order valence-electron chi connectivity index (χ3n) is 2.43. The summed E-state index contributed by atoms with van der Waals surface area (Å²) in [6.07, 6.45) is -1.33. The molecule has 0 spiro atoms. The van der Waals surface area contributed by atoms with Crippen LogP contribution in [0.5, 0.6) is 0 Å². The SMILES string of the molecule is CCc1nc(-c2cncc(F)c2)sc1NCC(F)(F)F. The molecule has 0 atom stereocenters.